The van der Waals surface area contributed by atoms with Gasteiger partial charge in [-0.25, -0.2) is 4.79 Å². The lowest BCUT2D eigenvalue weighted by Crippen LogP contribution is -2.30. The summed E-state index contributed by atoms with van der Waals surface area (Å²) in [7, 11) is 1.28. The summed E-state index contributed by atoms with van der Waals surface area (Å²) in [5, 5.41) is 5.73. The van der Waals surface area contributed by atoms with Crippen LogP contribution in [0.2, 0.25) is 0 Å². The number of methoxy groups -OCH3 is 1. The maximum Gasteiger partial charge on any atom is 0.343 e. The number of hydrogen-bond acceptors (Lipinski definition) is 6. The van der Waals surface area contributed by atoms with Crippen molar-refractivity contribution in [3.8, 4) is 11.5 Å². The Kier molecular flexibility index (Phi) is 7.86. The minimum atomic E-state index is -0.493. The number of carbonyl (C=O) groups is 3. The van der Waals surface area contributed by atoms with E-state index in [9.17, 15) is 14.4 Å². The molecule has 0 radical (unpaired) electrons. The van der Waals surface area contributed by atoms with Crippen LogP contribution in [0, 0.1) is 0 Å². The van der Waals surface area contributed by atoms with E-state index in [4.69, 9.17) is 9.47 Å². The van der Waals surface area contributed by atoms with E-state index in [1.807, 2.05) is 24.3 Å². The third kappa shape index (κ3) is 7.65. The fraction of sp³-hybridized carbons (Fsp3) is 0.348. The molecule has 2 aromatic rings. The zero-order valence-corrected chi connectivity index (χ0v) is 17.4. The summed E-state index contributed by atoms with van der Waals surface area (Å²) < 4.78 is 15.3. The number of esters is 1. The van der Waals surface area contributed by atoms with Crippen LogP contribution >= 0.6 is 0 Å². The molecule has 0 aliphatic heterocycles. The third-order valence-corrected chi connectivity index (χ3v) is 4.62. The molecule has 0 bridgehead atoms. The van der Waals surface area contributed by atoms with Crippen molar-refractivity contribution in [1.82, 2.24) is 10.6 Å². The van der Waals surface area contributed by atoms with Gasteiger partial charge in [0.2, 0.25) is 0 Å². The van der Waals surface area contributed by atoms with Crippen molar-refractivity contribution >= 4 is 17.8 Å². The van der Waals surface area contributed by atoms with E-state index in [1.54, 1.807) is 24.3 Å². The van der Waals surface area contributed by atoms with E-state index in [0.717, 1.165) is 18.4 Å². The standard InChI is InChI=1S/C23H26N2O6/c1-29-22(27)15-31-20-4-2-3-17(13-20)23(28)24-12-11-16-5-9-19(10-6-16)30-14-21(26)25-18-7-8-18/h2-6,9-10,13,18H,7-8,11-12,14-15H2,1H3,(H,24,28)(H,25,26). The van der Waals surface area contributed by atoms with Crippen LogP contribution in [0.4, 0.5) is 0 Å². The van der Waals surface area contributed by atoms with E-state index < -0.39 is 5.97 Å². The topological polar surface area (TPSA) is 103 Å². The fourth-order valence-electron chi connectivity index (χ4n) is 2.75. The first-order chi connectivity index (χ1) is 15.0. The monoisotopic (exact) mass is 426 g/mol. The molecule has 8 nitrogen and oxygen atoms in total. The van der Waals surface area contributed by atoms with E-state index in [-0.39, 0.29) is 25.0 Å². The van der Waals surface area contributed by atoms with Crippen LogP contribution in [-0.2, 0) is 20.7 Å². The van der Waals surface area contributed by atoms with Gasteiger partial charge in [0.25, 0.3) is 11.8 Å². The van der Waals surface area contributed by atoms with Crippen LogP contribution in [0.15, 0.2) is 48.5 Å². The Morgan fingerprint density at radius 3 is 2.42 bits per heavy atom. The van der Waals surface area contributed by atoms with Crippen molar-refractivity contribution in [3.05, 3.63) is 59.7 Å². The van der Waals surface area contributed by atoms with Crippen molar-refractivity contribution in [3.63, 3.8) is 0 Å². The van der Waals surface area contributed by atoms with Crippen molar-refractivity contribution in [2.75, 3.05) is 26.9 Å². The first-order valence-electron chi connectivity index (χ1n) is 10.1. The first-order valence-corrected chi connectivity index (χ1v) is 10.1. The average Bonchev–Trinajstić information content (AvgIpc) is 3.61. The number of nitrogens with one attached hydrogen (secondary N) is 2. The van der Waals surface area contributed by atoms with Gasteiger partial charge < -0.3 is 24.8 Å². The molecular weight excluding hydrogens is 400 g/mol. The SMILES string of the molecule is COC(=O)COc1cccc(C(=O)NCCc2ccc(OCC(=O)NC3CC3)cc2)c1. The highest BCUT2D eigenvalue weighted by Crippen LogP contribution is 2.18. The van der Waals surface area contributed by atoms with Gasteiger partial charge in [-0.3, -0.25) is 9.59 Å². The summed E-state index contributed by atoms with van der Waals surface area (Å²) in [5.41, 5.74) is 1.47. The summed E-state index contributed by atoms with van der Waals surface area (Å²) >= 11 is 0. The third-order valence-electron chi connectivity index (χ3n) is 4.62. The zero-order chi connectivity index (χ0) is 22.1. The molecule has 0 atom stereocenters. The van der Waals surface area contributed by atoms with E-state index in [2.05, 4.69) is 15.4 Å². The van der Waals surface area contributed by atoms with Crippen LogP contribution < -0.4 is 20.1 Å². The number of carbonyl (C=O) groups excluding carboxylic acids is 3. The first kappa shape index (κ1) is 22.1. The maximum absolute atomic E-state index is 12.3. The van der Waals surface area contributed by atoms with Crippen LogP contribution in [0.5, 0.6) is 11.5 Å². The number of rotatable bonds is 11. The molecule has 2 amide bonds. The summed E-state index contributed by atoms with van der Waals surface area (Å²) in [6, 6.07) is 14.3. The summed E-state index contributed by atoms with van der Waals surface area (Å²) in [6.45, 7) is 0.247. The van der Waals surface area contributed by atoms with Crippen LogP contribution in [0.3, 0.4) is 0 Å². The van der Waals surface area contributed by atoms with E-state index >= 15 is 0 Å². The molecule has 0 spiro atoms. The van der Waals surface area contributed by atoms with Gasteiger partial charge in [-0.2, -0.15) is 0 Å². The van der Waals surface area contributed by atoms with Crippen molar-refractivity contribution in [2.45, 2.75) is 25.3 Å². The van der Waals surface area contributed by atoms with Gasteiger partial charge in [0.1, 0.15) is 11.5 Å². The molecule has 0 saturated heterocycles. The van der Waals surface area contributed by atoms with Crippen LogP contribution in [-0.4, -0.2) is 50.7 Å². The molecule has 3 rings (SSSR count). The van der Waals surface area contributed by atoms with Gasteiger partial charge in [0.05, 0.1) is 7.11 Å². The van der Waals surface area contributed by atoms with Gasteiger partial charge >= 0.3 is 5.97 Å². The Balaban J connectivity index is 1.39. The van der Waals surface area contributed by atoms with Gasteiger partial charge in [0, 0.05) is 18.2 Å². The van der Waals surface area contributed by atoms with Gasteiger partial charge in [-0.15, -0.1) is 0 Å². The quantitative estimate of drug-likeness (QED) is 0.532. The second-order valence-electron chi connectivity index (χ2n) is 7.17. The molecule has 1 aliphatic rings. The highest BCUT2D eigenvalue weighted by molar-refractivity contribution is 5.94. The number of amides is 2. The molecule has 1 aliphatic carbocycles. The summed E-state index contributed by atoms with van der Waals surface area (Å²) in [4.78, 5) is 35.2. The highest BCUT2D eigenvalue weighted by atomic mass is 16.6. The van der Waals surface area contributed by atoms with Gasteiger partial charge in [-0.1, -0.05) is 18.2 Å². The second-order valence-corrected chi connectivity index (χ2v) is 7.17. The lowest BCUT2D eigenvalue weighted by molar-refractivity contribution is -0.142. The molecule has 2 N–H and O–H groups in total. The Bertz CT molecular complexity index is 909. The Morgan fingerprint density at radius 1 is 0.968 bits per heavy atom. The molecule has 164 valence electrons. The number of ether oxygens (including phenoxy) is 3. The average molecular weight is 426 g/mol. The number of benzene rings is 2. The van der Waals surface area contributed by atoms with Crippen molar-refractivity contribution in [2.24, 2.45) is 0 Å². The molecule has 0 heterocycles. The van der Waals surface area contributed by atoms with Crippen molar-refractivity contribution in [1.29, 1.82) is 0 Å². The van der Waals surface area contributed by atoms with Gasteiger partial charge in [0.15, 0.2) is 13.2 Å². The largest absolute Gasteiger partial charge is 0.484 e. The lowest BCUT2D eigenvalue weighted by atomic mass is 10.1. The minimum Gasteiger partial charge on any atom is -0.484 e. The smallest absolute Gasteiger partial charge is 0.343 e. The van der Waals surface area contributed by atoms with Crippen molar-refractivity contribution < 1.29 is 28.6 Å². The maximum atomic E-state index is 12.3. The van der Waals surface area contributed by atoms with Crippen LogP contribution in [0.25, 0.3) is 0 Å². The molecule has 31 heavy (non-hydrogen) atoms. The Morgan fingerprint density at radius 2 is 1.71 bits per heavy atom. The van der Waals surface area contributed by atoms with E-state index in [0.29, 0.717) is 36.1 Å². The van der Waals surface area contributed by atoms with Gasteiger partial charge in [-0.05, 0) is 55.2 Å². The fourth-order valence-corrected chi connectivity index (χ4v) is 2.75. The minimum absolute atomic E-state index is 0.00825. The normalized spacial score (nSPS) is 12.5. The lowest BCUT2D eigenvalue weighted by Gasteiger charge is -2.09. The predicted octanol–water partition coefficient (Wildman–Crippen LogP) is 1.87. The summed E-state index contributed by atoms with van der Waals surface area (Å²) in [6.07, 6.45) is 2.74. The number of hydrogen-bond donors (Lipinski definition) is 2. The summed E-state index contributed by atoms with van der Waals surface area (Å²) in [5.74, 6) is 0.217. The second kappa shape index (κ2) is 11.0. The molecule has 1 fully saturated rings. The molecule has 1 saturated carbocycles. The molecular formula is C23H26N2O6. The van der Waals surface area contributed by atoms with E-state index in [1.165, 1.54) is 7.11 Å². The highest BCUT2D eigenvalue weighted by Gasteiger charge is 2.23. The zero-order valence-electron chi connectivity index (χ0n) is 17.4. The predicted molar refractivity (Wildman–Crippen MR) is 113 cm³/mol. The van der Waals surface area contributed by atoms with Crippen LogP contribution in [0.1, 0.15) is 28.8 Å². The molecule has 0 aromatic heterocycles. The molecule has 8 heteroatoms. The Labute approximate surface area is 180 Å². The Hall–Kier alpha value is -3.55. The molecule has 2 aromatic carbocycles. The molecule has 0 unspecified atom stereocenters.